The van der Waals surface area contributed by atoms with Crippen molar-refractivity contribution in [3.8, 4) is 0 Å². The topological polar surface area (TPSA) is 59.9 Å². The minimum Gasteiger partial charge on any atom is -0.378 e. The fraction of sp³-hybridized carbons (Fsp3) is 0.312. The number of benzene rings is 1. The highest BCUT2D eigenvalue weighted by Crippen LogP contribution is 2.30. The number of aliphatic hydroxyl groups excluding tert-OH is 1. The summed E-state index contributed by atoms with van der Waals surface area (Å²) >= 11 is 0. The Labute approximate surface area is 137 Å². The summed E-state index contributed by atoms with van der Waals surface area (Å²) in [5, 5.41) is 21.1. The van der Waals surface area contributed by atoms with E-state index in [9.17, 15) is 18.3 Å². The molecule has 2 aliphatic heterocycles. The van der Waals surface area contributed by atoms with E-state index in [1.165, 1.54) is 18.4 Å². The van der Waals surface area contributed by atoms with Crippen LogP contribution in [0.3, 0.4) is 0 Å². The van der Waals surface area contributed by atoms with E-state index in [0.717, 1.165) is 5.01 Å². The first-order chi connectivity index (χ1) is 11.5. The van der Waals surface area contributed by atoms with Crippen molar-refractivity contribution in [1.29, 1.82) is 0 Å². The lowest BCUT2D eigenvalue weighted by Gasteiger charge is -2.36. The van der Waals surface area contributed by atoms with Crippen LogP contribution in [0.2, 0.25) is 0 Å². The summed E-state index contributed by atoms with van der Waals surface area (Å²) in [5.74, 6) is -0.984. The SMILES string of the molecule is C=C1C=C(C(F)F)N2N=CC(C(O)NCc3ccccc3F)C2N1. The van der Waals surface area contributed by atoms with Crippen LogP contribution in [0, 0.1) is 11.7 Å². The van der Waals surface area contributed by atoms with Crippen LogP contribution in [0.4, 0.5) is 13.2 Å². The molecule has 0 saturated heterocycles. The fourth-order valence-electron chi connectivity index (χ4n) is 2.74. The maximum Gasteiger partial charge on any atom is 0.280 e. The zero-order valence-electron chi connectivity index (χ0n) is 12.7. The summed E-state index contributed by atoms with van der Waals surface area (Å²) in [6, 6.07) is 6.20. The number of fused-ring (bicyclic) bond motifs is 1. The van der Waals surface area contributed by atoms with E-state index in [-0.39, 0.29) is 18.1 Å². The molecule has 0 saturated carbocycles. The highest BCUT2D eigenvalue weighted by atomic mass is 19.3. The highest BCUT2D eigenvalue weighted by Gasteiger charge is 2.41. The van der Waals surface area contributed by atoms with E-state index in [0.29, 0.717) is 11.3 Å². The Balaban J connectivity index is 1.68. The van der Waals surface area contributed by atoms with E-state index in [2.05, 4.69) is 22.3 Å². The van der Waals surface area contributed by atoms with Crippen molar-refractivity contribution >= 4 is 6.21 Å². The summed E-state index contributed by atoms with van der Waals surface area (Å²) in [4.78, 5) is 0. The van der Waals surface area contributed by atoms with Crippen molar-refractivity contribution in [2.75, 3.05) is 0 Å². The summed E-state index contributed by atoms with van der Waals surface area (Å²) in [6.45, 7) is 3.75. The van der Waals surface area contributed by atoms with Crippen LogP contribution in [0.1, 0.15) is 5.56 Å². The molecule has 0 radical (unpaired) electrons. The highest BCUT2D eigenvalue weighted by molar-refractivity contribution is 5.65. The molecule has 3 N–H and O–H groups in total. The number of alkyl halides is 2. The molecule has 0 aromatic heterocycles. The number of halogens is 3. The third-order valence-corrected chi connectivity index (χ3v) is 3.96. The van der Waals surface area contributed by atoms with Crippen molar-refractivity contribution in [2.24, 2.45) is 11.0 Å². The molecule has 0 aliphatic carbocycles. The first-order valence-electron chi connectivity index (χ1n) is 7.41. The van der Waals surface area contributed by atoms with Crippen LogP contribution in [0.5, 0.6) is 0 Å². The van der Waals surface area contributed by atoms with Crippen molar-refractivity contribution in [1.82, 2.24) is 15.6 Å². The van der Waals surface area contributed by atoms with Gasteiger partial charge in [0.25, 0.3) is 6.43 Å². The van der Waals surface area contributed by atoms with Gasteiger partial charge in [-0.05, 0) is 12.1 Å². The molecule has 24 heavy (non-hydrogen) atoms. The monoisotopic (exact) mass is 338 g/mol. The summed E-state index contributed by atoms with van der Waals surface area (Å²) in [5.41, 5.74) is 0.449. The molecular weight excluding hydrogens is 321 g/mol. The lowest BCUT2D eigenvalue weighted by molar-refractivity contribution is 0.0463. The number of aliphatic hydroxyl groups is 1. The molecule has 8 heteroatoms. The van der Waals surface area contributed by atoms with Gasteiger partial charge < -0.3 is 10.4 Å². The number of hydrogen-bond donors (Lipinski definition) is 3. The number of hydrogen-bond acceptors (Lipinski definition) is 5. The number of hydrazone groups is 1. The summed E-state index contributed by atoms with van der Waals surface area (Å²) in [7, 11) is 0. The second kappa shape index (κ2) is 6.66. The molecule has 2 aliphatic rings. The number of allylic oxidation sites excluding steroid dienone is 2. The van der Waals surface area contributed by atoms with Gasteiger partial charge in [0.05, 0.1) is 5.92 Å². The lowest BCUT2D eigenvalue weighted by Crippen LogP contribution is -2.53. The largest absolute Gasteiger partial charge is 0.378 e. The molecule has 128 valence electrons. The zero-order chi connectivity index (χ0) is 17.3. The predicted molar refractivity (Wildman–Crippen MR) is 83.2 cm³/mol. The molecule has 0 fully saturated rings. The normalized spacial score (nSPS) is 24.0. The van der Waals surface area contributed by atoms with Gasteiger partial charge in [0, 0.05) is 24.0 Å². The van der Waals surface area contributed by atoms with Crippen molar-refractivity contribution in [3.63, 3.8) is 0 Å². The predicted octanol–water partition coefficient (Wildman–Crippen LogP) is 1.74. The van der Waals surface area contributed by atoms with Gasteiger partial charge in [-0.1, -0.05) is 24.8 Å². The first-order valence-corrected chi connectivity index (χ1v) is 7.41. The van der Waals surface area contributed by atoms with Gasteiger partial charge in [-0.2, -0.15) is 5.10 Å². The van der Waals surface area contributed by atoms with E-state index < -0.39 is 24.7 Å². The van der Waals surface area contributed by atoms with Gasteiger partial charge in [-0.15, -0.1) is 0 Å². The average molecular weight is 338 g/mol. The Morgan fingerprint density at radius 1 is 1.38 bits per heavy atom. The summed E-state index contributed by atoms with van der Waals surface area (Å²) < 4.78 is 39.8. The Bertz CT molecular complexity index is 692. The molecule has 3 atom stereocenters. The standard InChI is InChI=1S/C16H17F3N4O/c1-9-6-13(14(18)19)23-15(22-9)11(8-21-23)16(24)20-7-10-4-2-3-5-12(10)17/h2-6,8,11,14-16,20,22,24H,1,7H2. The smallest absolute Gasteiger partial charge is 0.280 e. The molecule has 3 unspecified atom stereocenters. The van der Waals surface area contributed by atoms with E-state index in [1.54, 1.807) is 18.2 Å². The third-order valence-electron chi connectivity index (χ3n) is 3.96. The van der Waals surface area contributed by atoms with Crippen LogP contribution in [0.15, 0.2) is 53.4 Å². The molecule has 0 bridgehead atoms. The number of nitrogens with zero attached hydrogens (tertiary/aromatic N) is 2. The van der Waals surface area contributed by atoms with Gasteiger partial charge in [0.1, 0.15) is 23.9 Å². The molecule has 2 heterocycles. The van der Waals surface area contributed by atoms with Gasteiger partial charge >= 0.3 is 0 Å². The number of nitrogens with one attached hydrogen (secondary N) is 2. The maximum atomic E-state index is 13.6. The molecule has 3 rings (SSSR count). The molecule has 5 nitrogen and oxygen atoms in total. The van der Waals surface area contributed by atoms with E-state index in [4.69, 9.17) is 0 Å². The van der Waals surface area contributed by atoms with E-state index in [1.807, 2.05) is 0 Å². The first kappa shape index (κ1) is 16.5. The quantitative estimate of drug-likeness (QED) is 0.716. The Morgan fingerprint density at radius 2 is 2.12 bits per heavy atom. The minimum absolute atomic E-state index is 0.101. The molecule has 1 aromatic rings. The fourth-order valence-corrected chi connectivity index (χ4v) is 2.74. The maximum absolute atomic E-state index is 13.6. The van der Waals surface area contributed by atoms with Crippen molar-refractivity contribution in [2.45, 2.75) is 25.4 Å². The Kier molecular flexibility index (Phi) is 4.59. The van der Waals surface area contributed by atoms with Crippen LogP contribution in [0.25, 0.3) is 0 Å². The molecular formula is C16H17F3N4O. The van der Waals surface area contributed by atoms with Crippen molar-refractivity contribution < 1.29 is 18.3 Å². The molecule has 1 aromatic carbocycles. The van der Waals surface area contributed by atoms with Crippen LogP contribution >= 0.6 is 0 Å². The van der Waals surface area contributed by atoms with Gasteiger partial charge in [-0.3, -0.25) is 5.32 Å². The van der Waals surface area contributed by atoms with E-state index >= 15 is 0 Å². The molecule has 0 amide bonds. The van der Waals surface area contributed by atoms with Crippen LogP contribution < -0.4 is 10.6 Å². The third kappa shape index (κ3) is 3.15. The Hall–Kier alpha value is -2.32. The van der Waals surface area contributed by atoms with Crippen molar-refractivity contribution in [3.05, 3.63) is 59.7 Å². The second-order valence-corrected chi connectivity index (χ2v) is 5.59. The minimum atomic E-state index is -2.70. The average Bonchev–Trinajstić information content (AvgIpc) is 2.96. The van der Waals surface area contributed by atoms with Gasteiger partial charge in [0.2, 0.25) is 0 Å². The summed E-state index contributed by atoms with van der Waals surface area (Å²) in [6.07, 6.45) is -1.85. The second-order valence-electron chi connectivity index (χ2n) is 5.59. The van der Waals surface area contributed by atoms with Gasteiger partial charge in [0.15, 0.2) is 0 Å². The van der Waals surface area contributed by atoms with Gasteiger partial charge in [-0.25, -0.2) is 18.2 Å². The number of rotatable bonds is 5. The Morgan fingerprint density at radius 3 is 2.83 bits per heavy atom. The van der Waals surface area contributed by atoms with Crippen LogP contribution in [-0.2, 0) is 6.54 Å². The van der Waals surface area contributed by atoms with Crippen LogP contribution in [-0.4, -0.2) is 35.1 Å². The lowest BCUT2D eigenvalue weighted by atomic mass is 10.0. The zero-order valence-corrected chi connectivity index (χ0v) is 12.7. The molecule has 0 spiro atoms.